The smallest absolute Gasteiger partial charge is 0.0159 e. The number of fused-ring (bicyclic) bond motifs is 6. The molecule has 2 aliphatic rings. The maximum Gasteiger partial charge on any atom is 0.0159 e. The van der Waals surface area contributed by atoms with Gasteiger partial charge in [0.1, 0.15) is 0 Å². The minimum absolute atomic E-state index is 0.128. The van der Waals surface area contributed by atoms with Crippen LogP contribution in [0.3, 0.4) is 0 Å². The molecule has 0 nitrogen and oxygen atoms in total. The van der Waals surface area contributed by atoms with E-state index in [1.54, 1.807) is 0 Å². The van der Waals surface area contributed by atoms with Crippen LogP contribution in [0.1, 0.15) is 49.9 Å². The molecule has 0 saturated heterocycles. The Bertz CT molecular complexity index is 3760. The molecule has 0 aromatic heterocycles. The van der Waals surface area contributed by atoms with E-state index >= 15 is 0 Å². The number of hydrogen-bond donors (Lipinski definition) is 0. The van der Waals surface area contributed by atoms with Crippen molar-refractivity contribution in [2.45, 2.75) is 38.5 Å². The second-order valence-electron chi connectivity index (χ2n) is 19.3. The van der Waals surface area contributed by atoms with Gasteiger partial charge >= 0.3 is 0 Å². The van der Waals surface area contributed by atoms with Crippen LogP contribution >= 0.6 is 0 Å². The van der Waals surface area contributed by atoms with Crippen LogP contribution in [0.4, 0.5) is 0 Å². The lowest BCUT2D eigenvalue weighted by Gasteiger charge is -2.24. The van der Waals surface area contributed by atoms with Gasteiger partial charge in [-0.2, -0.15) is 0 Å². The number of hydrogen-bond acceptors (Lipinski definition) is 0. The van der Waals surface area contributed by atoms with E-state index in [0.717, 1.165) is 0 Å². The average molecular weight is 787 g/mol. The fraction of sp³-hybridized carbons (Fsp3) is 0.0968. The van der Waals surface area contributed by atoms with Crippen molar-refractivity contribution in [3.63, 3.8) is 0 Å². The summed E-state index contributed by atoms with van der Waals surface area (Å²) in [7, 11) is 0. The first-order valence-electron chi connectivity index (χ1n) is 22.1. The van der Waals surface area contributed by atoms with Crippen LogP contribution in [-0.2, 0) is 10.8 Å². The number of benzene rings is 12. The van der Waals surface area contributed by atoms with Crippen LogP contribution in [-0.4, -0.2) is 0 Å². The standard InChI is InChI=1S/C62H42/c1-61(2)53-31-41(35-11-13-36(14-12-35)47-27-43-19-15-37-7-5-8-38-16-20-44(28-47)59(43)57(37)38)23-25-49(53)51-33-56-52(34-55(51)61)50-26-24-42(32-54(50)62(56,3)4)48-29-45-21-17-39-9-6-10-40-18-22-46(30-48)60(45)58(39)40/h5-34H,1-4H3. The highest BCUT2D eigenvalue weighted by atomic mass is 14.4. The van der Waals surface area contributed by atoms with Crippen molar-refractivity contribution in [2.24, 2.45) is 0 Å². The molecule has 0 spiro atoms. The first-order valence-corrected chi connectivity index (χ1v) is 22.1. The van der Waals surface area contributed by atoms with Gasteiger partial charge in [-0.1, -0.05) is 161 Å². The first-order chi connectivity index (χ1) is 30.2. The minimum atomic E-state index is -0.129. The zero-order valence-electron chi connectivity index (χ0n) is 35.3. The molecule has 0 atom stereocenters. The van der Waals surface area contributed by atoms with E-state index in [0.29, 0.717) is 0 Å². The molecule has 14 rings (SSSR count). The molecule has 0 heterocycles. The largest absolute Gasteiger partial charge is 0.0610 e. The molecular formula is C62H42. The van der Waals surface area contributed by atoms with E-state index in [1.807, 2.05) is 0 Å². The predicted octanol–water partition coefficient (Wildman–Crippen LogP) is 17.1. The third-order valence-corrected chi connectivity index (χ3v) is 15.3. The van der Waals surface area contributed by atoms with Crippen molar-refractivity contribution in [3.8, 4) is 55.6 Å². The molecule has 0 aliphatic heterocycles. The van der Waals surface area contributed by atoms with Crippen molar-refractivity contribution in [3.05, 3.63) is 204 Å². The third kappa shape index (κ3) is 4.52. The van der Waals surface area contributed by atoms with Crippen LogP contribution in [0.5, 0.6) is 0 Å². The van der Waals surface area contributed by atoms with Crippen LogP contribution < -0.4 is 0 Å². The Morgan fingerprint density at radius 3 is 0.919 bits per heavy atom. The summed E-state index contributed by atoms with van der Waals surface area (Å²) in [6.45, 7) is 9.68. The maximum absolute atomic E-state index is 2.54. The van der Waals surface area contributed by atoms with E-state index in [1.165, 1.54) is 143 Å². The van der Waals surface area contributed by atoms with E-state index in [4.69, 9.17) is 0 Å². The van der Waals surface area contributed by atoms with Crippen molar-refractivity contribution < 1.29 is 0 Å². The molecule has 0 heteroatoms. The molecule has 2 aliphatic carbocycles. The summed E-state index contributed by atoms with van der Waals surface area (Å²) >= 11 is 0. The number of rotatable bonds is 3. The summed E-state index contributed by atoms with van der Waals surface area (Å²) in [6.07, 6.45) is 0. The Morgan fingerprint density at radius 1 is 0.226 bits per heavy atom. The van der Waals surface area contributed by atoms with Crippen molar-refractivity contribution >= 4 is 64.6 Å². The van der Waals surface area contributed by atoms with Crippen molar-refractivity contribution in [1.29, 1.82) is 0 Å². The molecule has 62 heavy (non-hydrogen) atoms. The second-order valence-corrected chi connectivity index (χ2v) is 19.3. The van der Waals surface area contributed by atoms with Crippen LogP contribution in [0.2, 0.25) is 0 Å². The van der Waals surface area contributed by atoms with Gasteiger partial charge in [-0.05, 0) is 191 Å². The van der Waals surface area contributed by atoms with E-state index in [2.05, 4.69) is 210 Å². The van der Waals surface area contributed by atoms with Gasteiger partial charge in [0.25, 0.3) is 0 Å². The molecule has 12 aromatic carbocycles. The van der Waals surface area contributed by atoms with Crippen LogP contribution in [0.25, 0.3) is 120 Å². The fourth-order valence-corrected chi connectivity index (χ4v) is 12.0. The Hall–Kier alpha value is -7.28. The normalized spacial score (nSPS) is 14.7. The molecule has 0 amide bonds. The Morgan fingerprint density at radius 2 is 0.516 bits per heavy atom. The van der Waals surface area contributed by atoms with Gasteiger partial charge < -0.3 is 0 Å². The van der Waals surface area contributed by atoms with Gasteiger partial charge in [0.05, 0.1) is 0 Å². The van der Waals surface area contributed by atoms with Gasteiger partial charge in [0.2, 0.25) is 0 Å². The molecule has 0 fully saturated rings. The molecule has 0 saturated carbocycles. The molecule has 290 valence electrons. The monoisotopic (exact) mass is 786 g/mol. The maximum atomic E-state index is 2.54. The van der Waals surface area contributed by atoms with Gasteiger partial charge in [-0.15, -0.1) is 0 Å². The summed E-state index contributed by atoms with van der Waals surface area (Å²) in [5.41, 5.74) is 18.5. The Labute approximate surface area is 361 Å². The molecule has 0 bridgehead atoms. The van der Waals surface area contributed by atoms with Gasteiger partial charge in [0.15, 0.2) is 0 Å². The lowest BCUT2D eigenvalue weighted by molar-refractivity contribution is 0.652. The van der Waals surface area contributed by atoms with Gasteiger partial charge in [-0.25, -0.2) is 0 Å². The molecule has 12 aromatic rings. The second kappa shape index (κ2) is 11.8. The van der Waals surface area contributed by atoms with E-state index < -0.39 is 0 Å². The molecule has 0 unspecified atom stereocenters. The highest BCUT2D eigenvalue weighted by Gasteiger charge is 2.42. The summed E-state index contributed by atoms with van der Waals surface area (Å²) in [5.74, 6) is 0. The SMILES string of the molecule is CC1(C)c2cc(-c3ccc(-c4cc5ccc6cccc7ccc(c4)c5c67)cc3)ccc2-c2cc3c(cc21)-c1ccc(-c2cc4ccc5cccc6ccc(c2)c4c56)cc1C3(C)C. The minimum Gasteiger partial charge on any atom is -0.0610 e. The summed E-state index contributed by atoms with van der Waals surface area (Å²) in [5, 5.41) is 15.9. The molecule has 0 N–H and O–H groups in total. The molecular weight excluding hydrogens is 745 g/mol. The lowest BCUT2D eigenvalue weighted by Crippen LogP contribution is -2.17. The zero-order chi connectivity index (χ0) is 41.2. The van der Waals surface area contributed by atoms with Crippen molar-refractivity contribution in [1.82, 2.24) is 0 Å². The predicted molar refractivity (Wildman–Crippen MR) is 265 cm³/mol. The Balaban J connectivity index is 0.804. The zero-order valence-corrected chi connectivity index (χ0v) is 35.3. The fourth-order valence-electron chi connectivity index (χ4n) is 12.0. The first kappa shape index (κ1) is 34.4. The highest BCUT2D eigenvalue weighted by molar-refractivity contribution is 6.25. The van der Waals surface area contributed by atoms with E-state index in [-0.39, 0.29) is 10.8 Å². The van der Waals surface area contributed by atoms with Gasteiger partial charge in [0, 0.05) is 10.8 Å². The van der Waals surface area contributed by atoms with Crippen LogP contribution in [0.15, 0.2) is 182 Å². The average Bonchev–Trinajstić information content (AvgIpc) is 3.67. The summed E-state index contributed by atoms with van der Waals surface area (Å²) in [4.78, 5) is 0. The summed E-state index contributed by atoms with van der Waals surface area (Å²) in [6, 6.07) is 69.7. The molecule has 0 radical (unpaired) electrons. The summed E-state index contributed by atoms with van der Waals surface area (Å²) < 4.78 is 0. The van der Waals surface area contributed by atoms with Gasteiger partial charge in [-0.3, -0.25) is 0 Å². The lowest BCUT2D eigenvalue weighted by atomic mass is 9.79. The quantitative estimate of drug-likeness (QED) is 0.157. The van der Waals surface area contributed by atoms with Crippen LogP contribution in [0, 0.1) is 0 Å². The Kier molecular flexibility index (Phi) is 6.53. The van der Waals surface area contributed by atoms with Crippen molar-refractivity contribution in [2.75, 3.05) is 0 Å². The highest BCUT2D eigenvalue weighted by Crippen LogP contribution is 2.57. The third-order valence-electron chi connectivity index (χ3n) is 15.3. The van der Waals surface area contributed by atoms with E-state index in [9.17, 15) is 0 Å². The topological polar surface area (TPSA) is 0 Å².